The number of benzene rings is 3. The topological polar surface area (TPSA) is 119 Å². The van der Waals surface area contributed by atoms with Gasteiger partial charge in [0.2, 0.25) is 6.79 Å². The molecule has 0 saturated heterocycles. The minimum absolute atomic E-state index is 0.0642. The van der Waals surface area contributed by atoms with Gasteiger partial charge in [-0.15, -0.1) is 0 Å². The highest BCUT2D eigenvalue weighted by Gasteiger charge is 2.22. The number of sulfonamides is 1. The number of nitrogens with zero attached hydrogens (tertiary/aromatic N) is 1. The van der Waals surface area contributed by atoms with Crippen LogP contribution >= 0.6 is 11.3 Å². The van der Waals surface area contributed by atoms with Gasteiger partial charge in [0.25, 0.3) is 10.0 Å². The summed E-state index contributed by atoms with van der Waals surface area (Å²) in [5.74, 6) is 1.56. The zero-order valence-corrected chi connectivity index (χ0v) is 19.0. The average molecular weight is 486 g/mol. The van der Waals surface area contributed by atoms with Crippen LogP contribution in [0, 0.1) is 0 Å². The number of anilines is 2. The first-order chi connectivity index (χ1) is 15.9. The van der Waals surface area contributed by atoms with Crippen LogP contribution in [0.2, 0.25) is 0 Å². The minimum Gasteiger partial charge on any atom is -0.504 e. The molecule has 0 aliphatic carbocycles. The summed E-state index contributed by atoms with van der Waals surface area (Å²) >= 11 is 1.21. The lowest BCUT2D eigenvalue weighted by Crippen LogP contribution is -2.12. The number of phenolic OH excluding ortho intramolecular Hbond substituents is 1. The number of aromatic hydroxyl groups is 1. The number of nitrogens with one attached hydrogen (secondary N) is 2. The first-order valence-corrected chi connectivity index (χ1v) is 12.2. The van der Waals surface area contributed by atoms with E-state index in [2.05, 4.69) is 15.0 Å². The van der Waals surface area contributed by atoms with Crippen LogP contribution in [0.3, 0.4) is 0 Å². The minimum atomic E-state index is -3.83. The number of hydrogen-bond donors (Lipinski definition) is 3. The maximum absolute atomic E-state index is 12.9. The van der Waals surface area contributed by atoms with Gasteiger partial charge in [-0.05, 0) is 42.5 Å². The molecule has 1 aliphatic rings. The maximum atomic E-state index is 12.9. The predicted octanol–water partition coefficient (Wildman–Crippen LogP) is 4.15. The fourth-order valence-corrected chi connectivity index (χ4v) is 5.50. The van der Waals surface area contributed by atoms with Crippen LogP contribution in [0.25, 0.3) is 10.2 Å². The highest BCUT2D eigenvalue weighted by Crippen LogP contribution is 2.42. The molecule has 9 nitrogen and oxygen atoms in total. The lowest BCUT2D eigenvalue weighted by Gasteiger charge is -2.11. The van der Waals surface area contributed by atoms with Gasteiger partial charge in [0, 0.05) is 17.8 Å². The van der Waals surface area contributed by atoms with Crippen molar-refractivity contribution < 1.29 is 27.7 Å². The molecule has 11 heteroatoms. The monoisotopic (exact) mass is 485 g/mol. The van der Waals surface area contributed by atoms with Crippen molar-refractivity contribution >= 4 is 42.4 Å². The number of hydrogen-bond acceptors (Lipinski definition) is 9. The van der Waals surface area contributed by atoms with E-state index < -0.39 is 10.0 Å². The molecule has 3 aromatic carbocycles. The number of rotatable bonds is 7. The normalized spacial score (nSPS) is 12.6. The van der Waals surface area contributed by atoms with E-state index in [-0.39, 0.29) is 22.6 Å². The Morgan fingerprint density at radius 3 is 2.73 bits per heavy atom. The van der Waals surface area contributed by atoms with Crippen LogP contribution in [0.1, 0.15) is 5.56 Å². The number of phenols is 1. The second kappa shape index (κ2) is 8.34. The molecular weight excluding hydrogens is 466 g/mol. The SMILES string of the molecule is COc1cccc(CNc2ccc(S(=O)(=O)Nc3nc4c5c(ccc4s3)OCO5)cc2)c1O. The molecule has 0 atom stereocenters. The Hall–Kier alpha value is -3.70. The largest absolute Gasteiger partial charge is 0.504 e. The second-order valence-electron chi connectivity index (χ2n) is 7.12. The predicted molar refractivity (Wildman–Crippen MR) is 125 cm³/mol. The summed E-state index contributed by atoms with van der Waals surface area (Å²) in [6, 6.07) is 15.1. The number of aromatic nitrogens is 1. The van der Waals surface area contributed by atoms with Crippen molar-refractivity contribution in [1.29, 1.82) is 0 Å². The fraction of sp³-hybridized carbons (Fsp3) is 0.136. The number of thiazole rings is 1. The van der Waals surface area contributed by atoms with Crippen LogP contribution in [0.15, 0.2) is 59.5 Å². The van der Waals surface area contributed by atoms with Crippen molar-refractivity contribution in [2.24, 2.45) is 0 Å². The van der Waals surface area contributed by atoms with Crippen molar-refractivity contribution in [3.05, 3.63) is 60.2 Å². The third kappa shape index (κ3) is 4.08. The van der Waals surface area contributed by atoms with E-state index in [1.54, 1.807) is 36.4 Å². The molecule has 0 bridgehead atoms. The summed E-state index contributed by atoms with van der Waals surface area (Å²) in [5, 5.41) is 13.6. The Kier molecular flexibility index (Phi) is 5.35. The molecule has 5 rings (SSSR count). The van der Waals surface area contributed by atoms with Gasteiger partial charge in [0.15, 0.2) is 28.1 Å². The smallest absolute Gasteiger partial charge is 0.263 e. The van der Waals surface area contributed by atoms with Crippen LogP contribution in [-0.4, -0.2) is 32.4 Å². The van der Waals surface area contributed by atoms with E-state index in [0.29, 0.717) is 40.6 Å². The first-order valence-electron chi connectivity index (χ1n) is 9.85. The molecular formula is C22H19N3O6S2. The van der Waals surface area contributed by atoms with E-state index >= 15 is 0 Å². The number of para-hydroxylation sites is 1. The summed E-state index contributed by atoms with van der Waals surface area (Å²) in [4.78, 5) is 4.47. The number of ether oxygens (including phenoxy) is 3. The van der Waals surface area contributed by atoms with Gasteiger partial charge in [0.1, 0.15) is 5.52 Å². The van der Waals surface area contributed by atoms with E-state index in [9.17, 15) is 13.5 Å². The van der Waals surface area contributed by atoms with E-state index in [0.717, 1.165) is 4.70 Å². The lowest BCUT2D eigenvalue weighted by atomic mass is 10.2. The van der Waals surface area contributed by atoms with Gasteiger partial charge in [0.05, 0.1) is 16.7 Å². The van der Waals surface area contributed by atoms with Crippen molar-refractivity contribution in [3.8, 4) is 23.0 Å². The van der Waals surface area contributed by atoms with Crippen LogP contribution in [-0.2, 0) is 16.6 Å². The third-order valence-corrected chi connectivity index (χ3v) is 7.49. The summed E-state index contributed by atoms with van der Waals surface area (Å²) in [5.41, 5.74) is 1.92. The summed E-state index contributed by atoms with van der Waals surface area (Å²) in [6.07, 6.45) is 0. The lowest BCUT2D eigenvalue weighted by molar-refractivity contribution is 0.174. The Bertz CT molecular complexity index is 1430. The fourth-order valence-electron chi connectivity index (χ4n) is 3.40. The maximum Gasteiger partial charge on any atom is 0.263 e. The van der Waals surface area contributed by atoms with Gasteiger partial charge in [-0.2, -0.15) is 0 Å². The molecule has 0 spiro atoms. The highest BCUT2D eigenvalue weighted by atomic mass is 32.2. The second-order valence-corrected chi connectivity index (χ2v) is 9.83. The Morgan fingerprint density at radius 1 is 1.12 bits per heavy atom. The Balaban J connectivity index is 1.30. The molecule has 3 N–H and O–H groups in total. The molecule has 0 fully saturated rings. The number of methoxy groups -OCH3 is 1. The van der Waals surface area contributed by atoms with E-state index in [4.69, 9.17) is 14.2 Å². The van der Waals surface area contributed by atoms with Crippen LogP contribution in [0.4, 0.5) is 10.8 Å². The quantitative estimate of drug-likeness (QED) is 0.357. The van der Waals surface area contributed by atoms with Crippen LogP contribution in [0.5, 0.6) is 23.0 Å². The van der Waals surface area contributed by atoms with Gasteiger partial charge < -0.3 is 24.6 Å². The standard InChI is InChI=1S/C22H19N3O6S2/c1-29-16-4-2-3-13(20(16)26)11-23-14-5-7-15(8-6-14)33(27,28)25-22-24-19-18(32-22)10-9-17-21(19)31-12-30-17/h2-10,23,26H,11-12H2,1H3,(H,24,25). The van der Waals surface area contributed by atoms with Crippen LogP contribution < -0.4 is 24.2 Å². The molecule has 4 aromatic rings. The molecule has 2 heterocycles. The summed E-state index contributed by atoms with van der Waals surface area (Å²) in [6.45, 7) is 0.458. The number of fused-ring (bicyclic) bond motifs is 3. The van der Waals surface area contributed by atoms with Crippen molar-refractivity contribution in [3.63, 3.8) is 0 Å². The Morgan fingerprint density at radius 2 is 1.94 bits per heavy atom. The first kappa shape index (κ1) is 21.2. The molecule has 0 unspecified atom stereocenters. The van der Waals surface area contributed by atoms with Crippen molar-refractivity contribution in [1.82, 2.24) is 4.98 Å². The molecule has 170 valence electrons. The van der Waals surface area contributed by atoms with Gasteiger partial charge in [-0.25, -0.2) is 13.4 Å². The Labute approximate surface area is 193 Å². The molecule has 0 amide bonds. The molecule has 33 heavy (non-hydrogen) atoms. The average Bonchev–Trinajstić information content (AvgIpc) is 3.44. The van der Waals surface area contributed by atoms with Crippen molar-refractivity contribution in [2.75, 3.05) is 23.9 Å². The van der Waals surface area contributed by atoms with E-state index in [1.807, 2.05) is 6.07 Å². The molecule has 1 aliphatic heterocycles. The van der Waals surface area contributed by atoms with Crippen molar-refractivity contribution in [2.45, 2.75) is 11.4 Å². The summed E-state index contributed by atoms with van der Waals surface area (Å²) in [7, 11) is -2.34. The zero-order chi connectivity index (χ0) is 23.0. The van der Waals surface area contributed by atoms with Gasteiger partial charge in [-0.3, -0.25) is 4.72 Å². The molecule has 1 aromatic heterocycles. The summed E-state index contributed by atoms with van der Waals surface area (Å²) < 4.78 is 44.9. The third-order valence-electron chi connectivity index (χ3n) is 5.07. The molecule has 0 radical (unpaired) electrons. The zero-order valence-electron chi connectivity index (χ0n) is 17.4. The van der Waals surface area contributed by atoms with E-state index in [1.165, 1.54) is 30.6 Å². The van der Waals surface area contributed by atoms with Gasteiger partial charge >= 0.3 is 0 Å². The molecule has 0 saturated carbocycles. The highest BCUT2D eigenvalue weighted by molar-refractivity contribution is 7.93. The van der Waals surface area contributed by atoms with Gasteiger partial charge in [-0.1, -0.05) is 23.5 Å².